The highest BCUT2D eigenvalue weighted by molar-refractivity contribution is 5.90. The van der Waals surface area contributed by atoms with E-state index in [-0.39, 0.29) is 5.97 Å². The highest BCUT2D eigenvalue weighted by atomic mass is 16.5. The van der Waals surface area contributed by atoms with Crippen LogP contribution in [0.3, 0.4) is 0 Å². The van der Waals surface area contributed by atoms with Crippen molar-refractivity contribution in [2.45, 2.75) is 33.7 Å². The lowest BCUT2D eigenvalue weighted by atomic mass is 9.92. The van der Waals surface area contributed by atoms with Gasteiger partial charge in [-0.1, -0.05) is 13.8 Å². The van der Waals surface area contributed by atoms with Gasteiger partial charge in [0.2, 0.25) is 0 Å². The van der Waals surface area contributed by atoms with Crippen LogP contribution in [0.1, 0.15) is 43.2 Å². The molecule has 2 rings (SSSR count). The molecule has 0 spiro atoms. The van der Waals surface area contributed by atoms with Gasteiger partial charge < -0.3 is 4.74 Å². The summed E-state index contributed by atoms with van der Waals surface area (Å²) in [5, 5.41) is 4.21. The van der Waals surface area contributed by atoms with Gasteiger partial charge in [0.05, 0.1) is 18.5 Å². The van der Waals surface area contributed by atoms with Gasteiger partial charge in [0.1, 0.15) is 5.56 Å². The lowest BCUT2D eigenvalue weighted by Gasteiger charge is -2.35. The summed E-state index contributed by atoms with van der Waals surface area (Å²) in [5.41, 5.74) is 1.55. The molecule has 2 unspecified atom stereocenters. The summed E-state index contributed by atoms with van der Waals surface area (Å²) in [5.74, 6) is 1.14. The largest absolute Gasteiger partial charge is 0.462 e. The quantitative estimate of drug-likeness (QED) is 0.792. The molecule has 1 saturated heterocycles. The third-order valence-electron chi connectivity index (χ3n) is 3.87. The predicted molar refractivity (Wildman–Crippen MR) is 77.4 cm³/mol. The number of ether oxygens (including phenoxy) is 1. The van der Waals surface area contributed by atoms with E-state index in [1.165, 1.54) is 6.42 Å². The first kappa shape index (κ1) is 15.0. The smallest absolute Gasteiger partial charge is 0.341 e. The van der Waals surface area contributed by atoms with Gasteiger partial charge in [-0.2, -0.15) is 5.10 Å². The summed E-state index contributed by atoms with van der Waals surface area (Å²) in [6.07, 6.45) is 2.90. The molecule has 0 aliphatic carbocycles. The molecule has 1 fully saturated rings. The Kier molecular flexibility index (Phi) is 4.81. The zero-order valence-electron chi connectivity index (χ0n) is 12.9. The SMILES string of the molecule is CCOC(=O)c1cnn(C)c1CN1CC(C)CC(C)C1. The van der Waals surface area contributed by atoms with E-state index in [2.05, 4.69) is 23.8 Å². The average Bonchev–Trinajstić information content (AvgIpc) is 2.70. The summed E-state index contributed by atoms with van der Waals surface area (Å²) in [6.45, 7) is 9.72. The molecule has 1 aromatic heterocycles. The maximum absolute atomic E-state index is 12.0. The average molecular weight is 279 g/mol. The molecule has 5 heteroatoms. The predicted octanol–water partition coefficient (Wildman–Crippen LogP) is 2.07. The molecule has 0 N–H and O–H groups in total. The molecule has 1 aliphatic heterocycles. The molecular formula is C15H25N3O2. The third-order valence-corrected chi connectivity index (χ3v) is 3.87. The Labute approximate surface area is 120 Å². The summed E-state index contributed by atoms with van der Waals surface area (Å²) in [4.78, 5) is 14.4. The van der Waals surface area contributed by atoms with Crippen LogP contribution in [0.2, 0.25) is 0 Å². The number of rotatable bonds is 4. The summed E-state index contributed by atoms with van der Waals surface area (Å²) >= 11 is 0. The first-order valence-corrected chi connectivity index (χ1v) is 7.41. The van der Waals surface area contributed by atoms with E-state index < -0.39 is 0 Å². The van der Waals surface area contributed by atoms with Crippen LogP contribution in [0.5, 0.6) is 0 Å². The maximum atomic E-state index is 12.0. The molecule has 0 saturated carbocycles. The van der Waals surface area contributed by atoms with Gasteiger partial charge in [0.15, 0.2) is 0 Å². The molecule has 0 amide bonds. The highest BCUT2D eigenvalue weighted by Crippen LogP contribution is 2.23. The van der Waals surface area contributed by atoms with E-state index >= 15 is 0 Å². The number of hydrogen-bond donors (Lipinski definition) is 0. The number of esters is 1. The lowest BCUT2D eigenvalue weighted by molar-refractivity contribution is 0.0522. The van der Waals surface area contributed by atoms with Crippen LogP contribution in [-0.4, -0.2) is 40.3 Å². The Morgan fingerprint density at radius 1 is 1.40 bits per heavy atom. The van der Waals surface area contributed by atoms with Gasteiger partial charge in [0.25, 0.3) is 0 Å². The van der Waals surface area contributed by atoms with Gasteiger partial charge in [-0.15, -0.1) is 0 Å². The molecule has 20 heavy (non-hydrogen) atoms. The number of hydrogen-bond acceptors (Lipinski definition) is 4. The first-order valence-electron chi connectivity index (χ1n) is 7.41. The van der Waals surface area contributed by atoms with Crippen molar-refractivity contribution in [1.29, 1.82) is 0 Å². The monoisotopic (exact) mass is 279 g/mol. The number of carbonyl (C=O) groups excluding carboxylic acids is 1. The van der Waals surface area contributed by atoms with Gasteiger partial charge >= 0.3 is 5.97 Å². The molecule has 2 heterocycles. The van der Waals surface area contributed by atoms with E-state index in [1.807, 2.05) is 14.0 Å². The van der Waals surface area contributed by atoms with Crippen molar-refractivity contribution in [1.82, 2.24) is 14.7 Å². The van der Waals surface area contributed by atoms with E-state index in [0.717, 1.165) is 25.3 Å². The molecule has 0 aromatic carbocycles. The van der Waals surface area contributed by atoms with Crippen molar-refractivity contribution >= 4 is 5.97 Å². The molecule has 112 valence electrons. The fourth-order valence-electron chi connectivity index (χ4n) is 3.16. The minimum absolute atomic E-state index is 0.270. The van der Waals surface area contributed by atoms with Crippen LogP contribution in [0.15, 0.2) is 6.20 Å². The molecule has 1 aliphatic rings. The number of carbonyl (C=O) groups is 1. The Balaban J connectivity index is 2.12. The van der Waals surface area contributed by atoms with Gasteiger partial charge in [-0.25, -0.2) is 4.79 Å². The molecule has 1 aromatic rings. The normalized spacial score (nSPS) is 23.8. The van der Waals surface area contributed by atoms with Gasteiger partial charge in [-0.3, -0.25) is 9.58 Å². The minimum atomic E-state index is -0.270. The van der Waals surface area contributed by atoms with Crippen molar-refractivity contribution in [2.75, 3.05) is 19.7 Å². The zero-order valence-corrected chi connectivity index (χ0v) is 12.9. The Morgan fingerprint density at radius 2 is 2.05 bits per heavy atom. The lowest BCUT2D eigenvalue weighted by Crippen LogP contribution is -2.38. The van der Waals surface area contributed by atoms with Crippen LogP contribution >= 0.6 is 0 Å². The van der Waals surface area contributed by atoms with Crippen LogP contribution in [-0.2, 0) is 18.3 Å². The molecular weight excluding hydrogens is 254 g/mol. The van der Waals surface area contributed by atoms with E-state index in [0.29, 0.717) is 24.0 Å². The standard InChI is InChI=1S/C15H25N3O2/c1-5-20-15(19)13-7-16-17(4)14(13)10-18-8-11(2)6-12(3)9-18/h7,11-12H,5-6,8-10H2,1-4H3. The summed E-state index contributed by atoms with van der Waals surface area (Å²) in [6, 6.07) is 0. The zero-order chi connectivity index (χ0) is 14.7. The van der Waals surface area contributed by atoms with Crippen molar-refractivity contribution in [3.05, 3.63) is 17.5 Å². The summed E-state index contributed by atoms with van der Waals surface area (Å²) < 4.78 is 6.89. The topological polar surface area (TPSA) is 47.4 Å². The Hall–Kier alpha value is -1.36. The molecule has 2 atom stereocenters. The van der Waals surface area contributed by atoms with Gasteiger partial charge in [-0.05, 0) is 25.2 Å². The van der Waals surface area contributed by atoms with E-state index in [9.17, 15) is 4.79 Å². The van der Waals surface area contributed by atoms with E-state index in [1.54, 1.807) is 10.9 Å². The minimum Gasteiger partial charge on any atom is -0.462 e. The second kappa shape index (κ2) is 6.39. The fraction of sp³-hybridized carbons (Fsp3) is 0.733. The second-order valence-electron chi connectivity index (χ2n) is 5.99. The number of aromatic nitrogens is 2. The third kappa shape index (κ3) is 3.39. The van der Waals surface area contributed by atoms with Crippen LogP contribution in [0, 0.1) is 11.8 Å². The van der Waals surface area contributed by atoms with Gasteiger partial charge in [0, 0.05) is 26.7 Å². The van der Waals surface area contributed by atoms with Crippen molar-refractivity contribution in [2.24, 2.45) is 18.9 Å². The molecule has 0 radical (unpaired) electrons. The van der Waals surface area contributed by atoms with Crippen molar-refractivity contribution in [3.8, 4) is 0 Å². The fourth-order valence-corrected chi connectivity index (χ4v) is 3.16. The maximum Gasteiger partial charge on any atom is 0.341 e. The highest BCUT2D eigenvalue weighted by Gasteiger charge is 2.25. The van der Waals surface area contributed by atoms with Crippen molar-refractivity contribution in [3.63, 3.8) is 0 Å². The number of nitrogens with zero attached hydrogens (tertiary/aromatic N) is 3. The Bertz CT molecular complexity index is 460. The van der Waals surface area contributed by atoms with Crippen LogP contribution in [0.4, 0.5) is 0 Å². The van der Waals surface area contributed by atoms with E-state index in [4.69, 9.17) is 4.74 Å². The second-order valence-corrected chi connectivity index (χ2v) is 5.99. The molecule has 0 bridgehead atoms. The molecule has 5 nitrogen and oxygen atoms in total. The van der Waals surface area contributed by atoms with Crippen LogP contribution in [0.25, 0.3) is 0 Å². The number of likely N-dealkylation sites (tertiary alicyclic amines) is 1. The number of aryl methyl sites for hydroxylation is 1. The van der Waals surface area contributed by atoms with Crippen molar-refractivity contribution < 1.29 is 9.53 Å². The van der Waals surface area contributed by atoms with Crippen LogP contribution < -0.4 is 0 Å². The first-order chi connectivity index (χ1) is 9.51. The number of piperidine rings is 1. The summed E-state index contributed by atoms with van der Waals surface area (Å²) in [7, 11) is 1.88. The Morgan fingerprint density at radius 3 is 2.65 bits per heavy atom.